The highest BCUT2D eigenvalue weighted by Gasteiger charge is 2.41. The highest BCUT2D eigenvalue weighted by molar-refractivity contribution is 8.05. The fourth-order valence-corrected chi connectivity index (χ4v) is 4.29. The van der Waals surface area contributed by atoms with E-state index in [-0.39, 0.29) is 28.6 Å². The number of primary amides is 1. The number of nitro benzene ring substituents is 1. The molecule has 0 saturated carbocycles. The van der Waals surface area contributed by atoms with Gasteiger partial charge in [-0.25, -0.2) is 0 Å². The number of benzene rings is 2. The summed E-state index contributed by atoms with van der Waals surface area (Å²) in [6.45, 7) is 1.89. The Kier molecular flexibility index (Phi) is 5.66. The average Bonchev–Trinajstić information content (AvgIpc) is 2.99. The summed E-state index contributed by atoms with van der Waals surface area (Å²) >= 11 is 1.01. The second-order valence-corrected chi connectivity index (χ2v) is 7.55. The molecule has 1 atom stereocenters. The number of carbonyl (C=O) groups excluding carboxylic acids is 2. The highest BCUT2D eigenvalue weighted by atomic mass is 32.2. The van der Waals surface area contributed by atoms with E-state index in [0.29, 0.717) is 11.3 Å². The Morgan fingerprint density at radius 1 is 1.28 bits per heavy atom. The zero-order chi connectivity index (χ0) is 21.1. The molecule has 1 heterocycles. The summed E-state index contributed by atoms with van der Waals surface area (Å²) in [6.07, 6.45) is 0.0734. The van der Waals surface area contributed by atoms with Crippen molar-refractivity contribution in [3.05, 3.63) is 80.4 Å². The number of aryl methyl sites for hydroxylation is 1. The topological polar surface area (TPSA) is 130 Å². The number of amides is 2. The molecule has 1 aliphatic heterocycles. The SMILES string of the molecule is Cc1ccc(N2C(=O)[C@@H](Cc3ccccc3[N+](=O)[O-])S/C2=C(/C#N)C(N)=O)cc1. The number of nitriles is 1. The van der Waals surface area contributed by atoms with Gasteiger partial charge in [0.15, 0.2) is 0 Å². The van der Waals surface area contributed by atoms with Crippen molar-refractivity contribution in [2.24, 2.45) is 5.73 Å². The minimum atomic E-state index is -0.939. The van der Waals surface area contributed by atoms with Crippen LogP contribution in [0, 0.1) is 28.4 Å². The third kappa shape index (κ3) is 3.97. The van der Waals surface area contributed by atoms with Crippen LogP contribution in [0.1, 0.15) is 11.1 Å². The Bertz CT molecular complexity index is 1070. The molecular formula is C20H16N4O4S. The quantitative estimate of drug-likeness (QED) is 0.350. The maximum atomic E-state index is 13.2. The van der Waals surface area contributed by atoms with Gasteiger partial charge in [-0.3, -0.25) is 24.6 Å². The molecule has 2 N–H and O–H groups in total. The molecule has 2 amide bonds. The molecule has 0 bridgehead atoms. The minimum absolute atomic E-state index is 0.0734. The maximum absolute atomic E-state index is 13.2. The van der Waals surface area contributed by atoms with Crippen LogP contribution in [0.3, 0.4) is 0 Å². The number of para-hydroxylation sites is 1. The van der Waals surface area contributed by atoms with E-state index in [9.17, 15) is 25.0 Å². The maximum Gasteiger partial charge on any atom is 0.272 e. The lowest BCUT2D eigenvalue weighted by Crippen LogP contribution is -2.31. The van der Waals surface area contributed by atoms with E-state index in [1.807, 2.05) is 6.92 Å². The first-order valence-corrected chi connectivity index (χ1v) is 9.45. The van der Waals surface area contributed by atoms with E-state index < -0.39 is 16.1 Å². The third-order valence-corrected chi connectivity index (χ3v) is 5.67. The molecule has 9 heteroatoms. The number of rotatable bonds is 5. The van der Waals surface area contributed by atoms with Crippen LogP contribution in [0.5, 0.6) is 0 Å². The molecular weight excluding hydrogens is 392 g/mol. The standard InChI is InChI=1S/C20H16N4O4S/c1-12-6-8-14(9-7-12)23-19(26)17(29-20(23)15(11-21)18(22)25)10-13-4-2-3-5-16(13)24(27)28/h2-9,17H,10H2,1H3,(H2,22,25)/b20-15-/t17-/m1/s1. The third-order valence-electron chi connectivity index (χ3n) is 4.41. The first kappa shape index (κ1) is 20.1. The van der Waals surface area contributed by atoms with Crippen molar-refractivity contribution in [1.29, 1.82) is 5.26 Å². The Labute approximate surface area is 170 Å². The van der Waals surface area contributed by atoms with Crippen LogP contribution < -0.4 is 10.6 Å². The Morgan fingerprint density at radius 3 is 2.52 bits per heavy atom. The number of nitrogens with zero attached hydrogens (tertiary/aromatic N) is 3. The van der Waals surface area contributed by atoms with Crippen molar-refractivity contribution in [3.63, 3.8) is 0 Å². The van der Waals surface area contributed by atoms with Gasteiger partial charge in [0.05, 0.1) is 10.2 Å². The summed E-state index contributed by atoms with van der Waals surface area (Å²) in [5, 5.41) is 20.1. The number of thioether (sulfide) groups is 1. The number of nitro groups is 1. The van der Waals surface area contributed by atoms with Gasteiger partial charge in [0.2, 0.25) is 5.91 Å². The molecule has 29 heavy (non-hydrogen) atoms. The summed E-state index contributed by atoms with van der Waals surface area (Å²) in [5.41, 5.74) is 6.79. The fraction of sp³-hybridized carbons (Fsp3) is 0.150. The normalized spacial score (nSPS) is 17.7. The molecule has 1 aliphatic rings. The lowest BCUT2D eigenvalue weighted by Gasteiger charge is -2.18. The van der Waals surface area contributed by atoms with Gasteiger partial charge in [-0.15, -0.1) is 0 Å². The van der Waals surface area contributed by atoms with E-state index in [1.54, 1.807) is 48.5 Å². The number of hydrogen-bond acceptors (Lipinski definition) is 6. The van der Waals surface area contributed by atoms with E-state index in [2.05, 4.69) is 0 Å². The van der Waals surface area contributed by atoms with Crippen molar-refractivity contribution in [2.45, 2.75) is 18.6 Å². The molecule has 0 aliphatic carbocycles. The summed E-state index contributed by atoms with van der Waals surface area (Å²) in [5.74, 6) is -1.31. The van der Waals surface area contributed by atoms with Crippen LogP contribution >= 0.6 is 11.8 Å². The molecule has 2 aromatic carbocycles. The van der Waals surface area contributed by atoms with Gasteiger partial charge >= 0.3 is 0 Å². The Balaban J connectivity index is 2.06. The molecule has 3 rings (SSSR count). The molecule has 146 valence electrons. The highest BCUT2D eigenvalue weighted by Crippen LogP contribution is 2.42. The first-order chi connectivity index (χ1) is 13.8. The monoisotopic (exact) mass is 408 g/mol. The van der Waals surface area contributed by atoms with Gasteiger partial charge in [-0.05, 0) is 19.1 Å². The van der Waals surface area contributed by atoms with E-state index in [1.165, 1.54) is 11.0 Å². The smallest absolute Gasteiger partial charge is 0.272 e. The average molecular weight is 408 g/mol. The Hall–Kier alpha value is -3.64. The zero-order valence-electron chi connectivity index (χ0n) is 15.4. The fourth-order valence-electron chi connectivity index (χ4n) is 2.99. The van der Waals surface area contributed by atoms with E-state index in [0.717, 1.165) is 17.3 Å². The number of hydrogen-bond donors (Lipinski definition) is 1. The zero-order valence-corrected chi connectivity index (χ0v) is 16.2. The number of nitrogens with two attached hydrogens (primary N) is 1. The number of carbonyl (C=O) groups is 2. The Morgan fingerprint density at radius 2 is 1.93 bits per heavy atom. The predicted molar refractivity (Wildman–Crippen MR) is 109 cm³/mol. The molecule has 1 saturated heterocycles. The first-order valence-electron chi connectivity index (χ1n) is 8.57. The van der Waals surface area contributed by atoms with Crippen molar-refractivity contribution in [1.82, 2.24) is 0 Å². The van der Waals surface area contributed by atoms with Gasteiger partial charge in [-0.1, -0.05) is 47.7 Å². The molecule has 0 spiro atoms. The molecule has 1 fully saturated rings. The van der Waals surface area contributed by atoms with Crippen LogP contribution in [0.4, 0.5) is 11.4 Å². The largest absolute Gasteiger partial charge is 0.365 e. The number of anilines is 1. The molecule has 2 aromatic rings. The predicted octanol–water partition coefficient (Wildman–Crippen LogP) is 2.81. The molecule has 8 nitrogen and oxygen atoms in total. The van der Waals surface area contributed by atoms with Crippen molar-refractivity contribution < 1.29 is 14.5 Å². The summed E-state index contributed by atoms with van der Waals surface area (Å²) in [7, 11) is 0. The van der Waals surface area contributed by atoms with Crippen molar-refractivity contribution >= 4 is 35.0 Å². The van der Waals surface area contributed by atoms with Gasteiger partial charge in [0.1, 0.15) is 16.7 Å². The van der Waals surface area contributed by atoms with E-state index in [4.69, 9.17) is 5.73 Å². The van der Waals surface area contributed by atoms with Crippen LogP contribution in [0.15, 0.2) is 59.1 Å². The van der Waals surface area contributed by atoms with Crippen LogP contribution in [-0.4, -0.2) is 22.0 Å². The lowest BCUT2D eigenvalue weighted by atomic mass is 10.1. The second-order valence-electron chi connectivity index (χ2n) is 6.36. The van der Waals surface area contributed by atoms with Gasteiger partial charge < -0.3 is 5.73 Å². The van der Waals surface area contributed by atoms with Gasteiger partial charge in [-0.2, -0.15) is 5.26 Å². The molecule has 0 radical (unpaired) electrons. The van der Waals surface area contributed by atoms with Gasteiger partial charge in [0.25, 0.3) is 11.6 Å². The van der Waals surface area contributed by atoms with Crippen LogP contribution in [0.2, 0.25) is 0 Å². The van der Waals surface area contributed by atoms with Crippen LogP contribution in [0.25, 0.3) is 0 Å². The molecule has 0 unspecified atom stereocenters. The second kappa shape index (κ2) is 8.16. The van der Waals surface area contributed by atoms with Crippen molar-refractivity contribution in [2.75, 3.05) is 4.90 Å². The van der Waals surface area contributed by atoms with Crippen LogP contribution in [-0.2, 0) is 16.0 Å². The summed E-state index contributed by atoms with van der Waals surface area (Å²) in [4.78, 5) is 37.0. The molecule has 0 aromatic heterocycles. The van der Waals surface area contributed by atoms with Crippen molar-refractivity contribution in [3.8, 4) is 6.07 Å². The summed E-state index contributed by atoms with van der Waals surface area (Å²) in [6, 6.07) is 15.0. The minimum Gasteiger partial charge on any atom is -0.365 e. The lowest BCUT2D eigenvalue weighted by molar-refractivity contribution is -0.385. The van der Waals surface area contributed by atoms with Gasteiger partial charge in [0, 0.05) is 23.7 Å². The summed E-state index contributed by atoms with van der Waals surface area (Å²) < 4.78 is 0. The van der Waals surface area contributed by atoms with E-state index >= 15 is 0 Å².